The number of amides is 1. The van der Waals surface area contributed by atoms with Crippen LogP contribution in [0, 0.1) is 30.1 Å². The molecule has 1 amide bonds. The number of hydrogen-bond acceptors (Lipinski definition) is 3. The number of pyridine rings is 1. The highest BCUT2D eigenvalue weighted by Crippen LogP contribution is 2.63. The molecule has 0 saturated heterocycles. The molecule has 0 bridgehead atoms. The van der Waals surface area contributed by atoms with Gasteiger partial charge in [-0.15, -0.1) is 0 Å². The van der Waals surface area contributed by atoms with Crippen molar-refractivity contribution in [3.8, 4) is 0 Å². The maximum Gasteiger partial charge on any atom is 0.389 e. The predicted octanol–water partition coefficient (Wildman–Crippen LogP) is 7.28. The minimum absolute atomic E-state index is 0.0320. The molecule has 7 heteroatoms. The largest absolute Gasteiger partial charge is 0.390 e. The van der Waals surface area contributed by atoms with E-state index in [2.05, 4.69) is 34.6 Å². The first-order chi connectivity index (χ1) is 18.6. The molecule has 1 aromatic heterocycles. The Morgan fingerprint density at radius 3 is 2.79 bits per heavy atom. The summed E-state index contributed by atoms with van der Waals surface area (Å²) in [5.41, 5.74) is 2.64. The lowest BCUT2D eigenvalue weighted by Gasteiger charge is -2.58. The van der Waals surface area contributed by atoms with E-state index in [0.29, 0.717) is 30.9 Å². The fourth-order valence-corrected chi connectivity index (χ4v) is 7.96. The summed E-state index contributed by atoms with van der Waals surface area (Å²) in [4.78, 5) is 17.4. The smallest absolute Gasteiger partial charge is 0.389 e. The number of aryl methyl sites for hydroxylation is 1. The molecule has 212 valence electrons. The molecule has 2 N–H and O–H groups in total. The molecule has 1 heterocycles. The number of halogens is 3. The molecule has 0 aliphatic heterocycles. The highest BCUT2D eigenvalue weighted by atomic mass is 19.4. The van der Waals surface area contributed by atoms with E-state index in [1.165, 1.54) is 5.57 Å². The van der Waals surface area contributed by atoms with Gasteiger partial charge in [-0.2, -0.15) is 13.2 Å². The third-order valence-electron chi connectivity index (χ3n) is 10.1. The van der Waals surface area contributed by atoms with Crippen molar-refractivity contribution < 1.29 is 23.1 Å². The Kier molecular flexibility index (Phi) is 8.10. The summed E-state index contributed by atoms with van der Waals surface area (Å²) >= 11 is 0. The normalized spacial score (nSPS) is 32.5. The number of hydrogen-bond donors (Lipinski definition) is 2. The summed E-state index contributed by atoms with van der Waals surface area (Å²) in [5, 5.41) is 14.3. The van der Waals surface area contributed by atoms with Crippen molar-refractivity contribution in [1.29, 1.82) is 0 Å². The van der Waals surface area contributed by atoms with Gasteiger partial charge in [-0.05, 0) is 112 Å². The van der Waals surface area contributed by atoms with Gasteiger partial charge < -0.3 is 10.4 Å². The third-order valence-corrected chi connectivity index (χ3v) is 10.1. The molecule has 4 aliphatic carbocycles. The zero-order chi connectivity index (χ0) is 27.7. The highest BCUT2D eigenvalue weighted by molar-refractivity contribution is 5.96. The van der Waals surface area contributed by atoms with Crippen LogP contribution in [0.4, 0.5) is 13.2 Å². The minimum Gasteiger partial charge on any atom is -0.390 e. The van der Waals surface area contributed by atoms with Gasteiger partial charge in [0.25, 0.3) is 5.91 Å². The number of nitrogens with zero attached hydrogens (tertiary/aromatic N) is 1. The maximum atomic E-state index is 13.1. The second-order valence-corrected chi connectivity index (χ2v) is 12.5. The van der Waals surface area contributed by atoms with Crippen LogP contribution in [0.15, 0.2) is 53.8 Å². The second kappa shape index (κ2) is 11.2. The van der Waals surface area contributed by atoms with Gasteiger partial charge in [-0.1, -0.05) is 35.9 Å². The van der Waals surface area contributed by atoms with Crippen molar-refractivity contribution in [2.75, 3.05) is 0 Å². The number of alkyl halides is 3. The topological polar surface area (TPSA) is 62.2 Å². The van der Waals surface area contributed by atoms with Gasteiger partial charge in [0.1, 0.15) is 0 Å². The van der Waals surface area contributed by atoms with E-state index in [9.17, 15) is 23.1 Å². The average Bonchev–Trinajstić information content (AvgIpc) is 2.92. The van der Waals surface area contributed by atoms with E-state index < -0.39 is 18.2 Å². The second-order valence-electron chi connectivity index (χ2n) is 12.5. The number of aromatic nitrogens is 1. The lowest BCUT2D eigenvalue weighted by Crippen LogP contribution is -2.52. The summed E-state index contributed by atoms with van der Waals surface area (Å²) in [6.45, 7) is 2.36. The van der Waals surface area contributed by atoms with Crippen molar-refractivity contribution in [2.24, 2.45) is 23.2 Å². The molecule has 5 rings (SSSR count). The molecule has 2 saturated carbocycles. The molecule has 0 radical (unpaired) electrons. The number of rotatable bonds is 7. The quantitative estimate of drug-likeness (QED) is 0.356. The van der Waals surface area contributed by atoms with Crippen molar-refractivity contribution >= 4 is 5.91 Å². The van der Waals surface area contributed by atoms with Crippen LogP contribution in [-0.2, 0) is 11.3 Å². The highest BCUT2D eigenvalue weighted by Gasteiger charge is 2.55. The first-order valence-corrected chi connectivity index (χ1v) is 14.6. The molecule has 4 nitrogen and oxygen atoms in total. The molecular weight excluding hydrogens is 501 g/mol. The molecule has 1 aromatic rings. The van der Waals surface area contributed by atoms with E-state index in [1.54, 1.807) is 6.20 Å². The van der Waals surface area contributed by atoms with Gasteiger partial charge in [0.05, 0.1) is 5.60 Å². The number of aliphatic hydroxyl groups is 1. The van der Waals surface area contributed by atoms with Crippen molar-refractivity contribution in [3.05, 3.63) is 65.0 Å². The zero-order valence-electron chi connectivity index (χ0n) is 22.9. The molecular formula is C32H41F3N2O2. The van der Waals surface area contributed by atoms with Crippen LogP contribution in [0.25, 0.3) is 0 Å². The fourth-order valence-electron chi connectivity index (χ4n) is 7.96. The summed E-state index contributed by atoms with van der Waals surface area (Å²) in [5.74, 6) is 0.971. The molecule has 3 unspecified atom stereocenters. The van der Waals surface area contributed by atoms with Gasteiger partial charge >= 0.3 is 6.18 Å². The Bertz CT molecular complexity index is 1160. The Balaban J connectivity index is 1.33. The van der Waals surface area contributed by atoms with E-state index in [0.717, 1.165) is 62.6 Å². The van der Waals surface area contributed by atoms with Crippen molar-refractivity contribution in [1.82, 2.24) is 10.3 Å². The molecule has 5 atom stereocenters. The molecule has 39 heavy (non-hydrogen) atoms. The summed E-state index contributed by atoms with van der Waals surface area (Å²) in [6, 6.07) is 3.84. The standard InChI is InChI=1S/C32H41F3N2O2/c1-22-26(8-5-17-36-22)21-37-29(38)25-10-12-28-24(18-25)9-11-27-20-30(39,14-16-32(33,34)35)13-15-31(27,28)19-23-6-3-2-4-7-23/h2-3,5,8,10,17-18,23,27-28,39H,4,6-7,9,11-16,19-21H2,1H3,(H,37,38)/t23?,27-,28?,30+,31?/m1/s1. The molecule has 0 aromatic carbocycles. The van der Waals surface area contributed by atoms with E-state index in [1.807, 2.05) is 19.1 Å². The average molecular weight is 543 g/mol. The predicted molar refractivity (Wildman–Crippen MR) is 145 cm³/mol. The number of carbonyl (C=O) groups is 1. The van der Waals surface area contributed by atoms with Gasteiger partial charge in [0.2, 0.25) is 0 Å². The number of fused-ring (bicyclic) bond motifs is 3. The first kappa shape index (κ1) is 28.1. The van der Waals surface area contributed by atoms with Gasteiger partial charge in [0, 0.05) is 30.4 Å². The monoisotopic (exact) mass is 542 g/mol. The van der Waals surface area contributed by atoms with E-state index >= 15 is 0 Å². The summed E-state index contributed by atoms with van der Waals surface area (Å²) in [7, 11) is 0. The zero-order valence-corrected chi connectivity index (χ0v) is 22.9. The van der Waals surface area contributed by atoms with Crippen LogP contribution in [0.1, 0.15) is 88.3 Å². The van der Waals surface area contributed by atoms with Crippen molar-refractivity contribution in [3.63, 3.8) is 0 Å². The van der Waals surface area contributed by atoms with Crippen LogP contribution >= 0.6 is 0 Å². The van der Waals surface area contributed by atoms with E-state index in [-0.39, 0.29) is 29.6 Å². The Morgan fingerprint density at radius 2 is 2.05 bits per heavy atom. The minimum atomic E-state index is -4.25. The number of nitrogens with one attached hydrogen (secondary N) is 1. The van der Waals surface area contributed by atoms with Crippen LogP contribution < -0.4 is 5.32 Å². The van der Waals surface area contributed by atoms with Crippen LogP contribution in [0.3, 0.4) is 0 Å². The first-order valence-electron chi connectivity index (χ1n) is 14.6. The van der Waals surface area contributed by atoms with Gasteiger partial charge in [0.15, 0.2) is 0 Å². The van der Waals surface area contributed by atoms with Gasteiger partial charge in [-0.25, -0.2) is 0 Å². The fraction of sp³-hybridized carbons (Fsp3) is 0.625. The molecule has 4 aliphatic rings. The number of carbonyl (C=O) groups excluding carboxylic acids is 1. The van der Waals surface area contributed by atoms with Gasteiger partial charge in [-0.3, -0.25) is 9.78 Å². The Hall–Kier alpha value is -2.41. The van der Waals surface area contributed by atoms with Crippen LogP contribution in [-0.4, -0.2) is 27.8 Å². The summed E-state index contributed by atoms with van der Waals surface area (Å²) in [6.07, 6.45) is 13.5. The van der Waals surface area contributed by atoms with Crippen LogP contribution in [0.5, 0.6) is 0 Å². The Morgan fingerprint density at radius 1 is 1.21 bits per heavy atom. The Labute approximate surface area is 229 Å². The van der Waals surface area contributed by atoms with E-state index in [4.69, 9.17) is 0 Å². The lowest BCUT2D eigenvalue weighted by molar-refractivity contribution is -0.161. The SMILES string of the molecule is Cc1ncccc1CNC(=O)C1=CCC2C(=C1)CC[C@@H]1C[C@@](O)(CCC(F)(F)F)CCC21CC1CC=CCC1. The molecule has 2 fully saturated rings. The van der Waals surface area contributed by atoms with Crippen molar-refractivity contribution in [2.45, 2.75) is 102 Å². The number of allylic oxidation sites excluding steroid dienone is 4. The molecule has 0 spiro atoms. The third kappa shape index (κ3) is 6.34. The maximum absolute atomic E-state index is 13.1. The lowest BCUT2D eigenvalue weighted by atomic mass is 9.47. The summed E-state index contributed by atoms with van der Waals surface area (Å²) < 4.78 is 39.1. The van der Waals surface area contributed by atoms with Crippen LogP contribution in [0.2, 0.25) is 0 Å².